The molecule has 1 rings (SSSR count). The lowest BCUT2D eigenvalue weighted by Gasteiger charge is -1.98. The van der Waals surface area contributed by atoms with Crippen LogP contribution in [0.2, 0.25) is 0 Å². The molecule has 1 heterocycles. The Morgan fingerprint density at radius 3 is 2.85 bits per heavy atom. The first-order valence-electron chi connectivity index (χ1n) is 3.93. The summed E-state index contributed by atoms with van der Waals surface area (Å²) in [5.41, 5.74) is 2.19. The van der Waals surface area contributed by atoms with Gasteiger partial charge in [-0.15, -0.1) is 0 Å². The van der Waals surface area contributed by atoms with Crippen LogP contribution in [0, 0.1) is 6.92 Å². The summed E-state index contributed by atoms with van der Waals surface area (Å²) in [6.45, 7) is 3.48. The highest BCUT2D eigenvalue weighted by Gasteiger charge is 2.00. The number of hydrogen-bond acceptors (Lipinski definition) is 2. The van der Waals surface area contributed by atoms with E-state index >= 15 is 0 Å². The first-order valence-corrected chi connectivity index (χ1v) is 3.93. The van der Waals surface area contributed by atoms with Gasteiger partial charge in [-0.25, -0.2) is 4.79 Å². The van der Waals surface area contributed by atoms with Gasteiger partial charge in [0, 0.05) is 18.0 Å². The molecule has 0 saturated carbocycles. The van der Waals surface area contributed by atoms with Crippen LogP contribution in [0.1, 0.15) is 18.1 Å². The van der Waals surface area contributed by atoms with Gasteiger partial charge < -0.3 is 5.11 Å². The zero-order chi connectivity index (χ0) is 9.84. The van der Waals surface area contributed by atoms with Crippen LogP contribution in [0.4, 0.5) is 0 Å². The van der Waals surface area contributed by atoms with Crippen molar-refractivity contribution in [1.29, 1.82) is 0 Å². The molecule has 0 bridgehead atoms. The predicted molar refractivity (Wildman–Crippen MR) is 50.3 cm³/mol. The van der Waals surface area contributed by atoms with Crippen LogP contribution < -0.4 is 0 Å². The summed E-state index contributed by atoms with van der Waals surface area (Å²) in [6.07, 6.45) is 4.95. The van der Waals surface area contributed by atoms with Crippen LogP contribution in [-0.2, 0) is 4.79 Å². The molecule has 13 heavy (non-hydrogen) atoms. The highest BCUT2D eigenvalue weighted by molar-refractivity contribution is 5.91. The summed E-state index contributed by atoms with van der Waals surface area (Å²) in [5, 5.41) is 8.65. The normalized spacial score (nSPS) is 11.4. The van der Waals surface area contributed by atoms with Crippen molar-refractivity contribution in [1.82, 2.24) is 4.98 Å². The van der Waals surface area contributed by atoms with E-state index < -0.39 is 5.97 Å². The largest absolute Gasteiger partial charge is 0.478 e. The summed E-state index contributed by atoms with van der Waals surface area (Å²) < 4.78 is 0. The topological polar surface area (TPSA) is 50.2 Å². The SMILES string of the molecule is CC(=Cc1cnccc1C)C(=O)O. The Labute approximate surface area is 76.7 Å². The van der Waals surface area contributed by atoms with Crippen molar-refractivity contribution in [3.05, 3.63) is 35.2 Å². The molecular weight excluding hydrogens is 166 g/mol. The molecular formula is C10H11NO2. The Balaban J connectivity index is 3.04. The molecule has 1 N–H and O–H groups in total. The first-order chi connectivity index (χ1) is 6.11. The van der Waals surface area contributed by atoms with Gasteiger partial charge in [0.1, 0.15) is 0 Å². The summed E-state index contributed by atoms with van der Waals surface area (Å²) in [7, 11) is 0. The highest BCUT2D eigenvalue weighted by Crippen LogP contribution is 2.10. The van der Waals surface area contributed by atoms with Gasteiger partial charge in [-0.3, -0.25) is 4.98 Å². The van der Waals surface area contributed by atoms with E-state index in [1.165, 1.54) is 0 Å². The van der Waals surface area contributed by atoms with Gasteiger partial charge in [0.15, 0.2) is 0 Å². The van der Waals surface area contributed by atoms with E-state index in [4.69, 9.17) is 5.11 Å². The van der Waals surface area contributed by atoms with Crippen molar-refractivity contribution in [3.63, 3.8) is 0 Å². The Morgan fingerprint density at radius 2 is 2.31 bits per heavy atom. The monoisotopic (exact) mass is 177 g/mol. The predicted octanol–water partition coefficient (Wildman–Crippen LogP) is 1.88. The Kier molecular flexibility index (Phi) is 2.80. The van der Waals surface area contributed by atoms with Crippen molar-refractivity contribution >= 4 is 12.0 Å². The molecule has 3 nitrogen and oxygen atoms in total. The van der Waals surface area contributed by atoms with Crippen LogP contribution in [0.3, 0.4) is 0 Å². The highest BCUT2D eigenvalue weighted by atomic mass is 16.4. The van der Waals surface area contributed by atoms with Crippen LogP contribution >= 0.6 is 0 Å². The number of nitrogens with zero attached hydrogens (tertiary/aromatic N) is 1. The third-order valence-electron chi connectivity index (χ3n) is 1.79. The first kappa shape index (κ1) is 9.45. The van der Waals surface area contributed by atoms with Gasteiger partial charge in [0.25, 0.3) is 0 Å². The van der Waals surface area contributed by atoms with E-state index in [0.717, 1.165) is 11.1 Å². The minimum absolute atomic E-state index is 0.316. The second-order valence-electron chi connectivity index (χ2n) is 2.86. The van der Waals surface area contributed by atoms with E-state index in [2.05, 4.69) is 4.98 Å². The lowest BCUT2D eigenvalue weighted by molar-refractivity contribution is -0.132. The number of hydrogen-bond donors (Lipinski definition) is 1. The summed E-state index contributed by atoms with van der Waals surface area (Å²) in [6, 6.07) is 1.85. The standard InChI is InChI=1S/C10H11NO2/c1-7-3-4-11-6-9(7)5-8(2)10(12)13/h3-6H,1-2H3,(H,12,13). The average molecular weight is 177 g/mol. The van der Waals surface area contributed by atoms with Crippen molar-refractivity contribution in [2.75, 3.05) is 0 Å². The second kappa shape index (κ2) is 3.85. The summed E-state index contributed by atoms with van der Waals surface area (Å²) in [5.74, 6) is -0.900. The molecule has 68 valence electrons. The fourth-order valence-electron chi connectivity index (χ4n) is 0.922. The second-order valence-corrected chi connectivity index (χ2v) is 2.86. The number of pyridine rings is 1. The number of carbonyl (C=O) groups is 1. The van der Waals surface area contributed by atoms with Gasteiger partial charge >= 0.3 is 5.97 Å². The van der Waals surface area contributed by atoms with Gasteiger partial charge in [-0.2, -0.15) is 0 Å². The van der Waals surface area contributed by atoms with Crippen LogP contribution in [0.5, 0.6) is 0 Å². The van der Waals surface area contributed by atoms with Gasteiger partial charge in [-0.05, 0) is 37.1 Å². The third kappa shape index (κ3) is 2.40. The van der Waals surface area contributed by atoms with Crippen molar-refractivity contribution in [2.45, 2.75) is 13.8 Å². The molecule has 0 spiro atoms. The lowest BCUT2D eigenvalue weighted by Crippen LogP contribution is -1.96. The minimum atomic E-state index is -0.900. The molecule has 0 amide bonds. The van der Waals surface area contributed by atoms with Gasteiger partial charge in [-0.1, -0.05) is 0 Å². The third-order valence-corrected chi connectivity index (χ3v) is 1.79. The van der Waals surface area contributed by atoms with Crippen molar-refractivity contribution in [3.8, 4) is 0 Å². The van der Waals surface area contributed by atoms with E-state index in [0.29, 0.717) is 5.57 Å². The maximum Gasteiger partial charge on any atom is 0.331 e. The molecule has 0 aliphatic heterocycles. The molecule has 1 aromatic rings. The quantitative estimate of drug-likeness (QED) is 0.701. The Hall–Kier alpha value is -1.64. The number of rotatable bonds is 2. The van der Waals surface area contributed by atoms with Gasteiger partial charge in [0.05, 0.1) is 0 Å². The number of aromatic nitrogens is 1. The lowest BCUT2D eigenvalue weighted by atomic mass is 10.1. The van der Waals surface area contributed by atoms with Crippen molar-refractivity contribution < 1.29 is 9.90 Å². The molecule has 0 aliphatic carbocycles. The molecule has 0 fully saturated rings. The molecule has 3 heteroatoms. The summed E-state index contributed by atoms with van der Waals surface area (Å²) >= 11 is 0. The zero-order valence-corrected chi connectivity index (χ0v) is 7.61. The van der Waals surface area contributed by atoms with Gasteiger partial charge in [0.2, 0.25) is 0 Å². The van der Waals surface area contributed by atoms with E-state index in [1.54, 1.807) is 25.4 Å². The molecule has 0 atom stereocenters. The van der Waals surface area contributed by atoms with E-state index in [9.17, 15) is 4.79 Å². The van der Waals surface area contributed by atoms with E-state index in [1.807, 2.05) is 13.0 Å². The molecule has 0 unspecified atom stereocenters. The molecule has 0 saturated heterocycles. The zero-order valence-electron chi connectivity index (χ0n) is 7.61. The van der Waals surface area contributed by atoms with Crippen LogP contribution in [0.15, 0.2) is 24.0 Å². The average Bonchev–Trinajstić information content (AvgIpc) is 2.08. The summed E-state index contributed by atoms with van der Waals surface area (Å²) in [4.78, 5) is 14.4. The maximum atomic E-state index is 10.5. The molecule has 0 aliphatic rings. The molecule has 1 aromatic heterocycles. The van der Waals surface area contributed by atoms with Crippen LogP contribution in [-0.4, -0.2) is 16.1 Å². The fourth-order valence-corrected chi connectivity index (χ4v) is 0.922. The smallest absolute Gasteiger partial charge is 0.331 e. The minimum Gasteiger partial charge on any atom is -0.478 e. The van der Waals surface area contributed by atoms with Crippen LogP contribution in [0.25, 0.3) is 6.08 Å². The maximum absolute atomic E-state index is 10.5. The van der Waals surface area contributed by atoms with Crippen molar-refractivity contribution in [2.24, 2.45) is 0 Å². The van der Waals surface area contributed by atoms with E-state index in [-0.39, 0.29) is 0 Å². The molecule has 0 radical (unpaired) electrons. The molecule has 0 aromatic carbocycles. The number of aliphatic carboxylic acids is 1. The Bertz CT molecular complexity index is 356. The number of carboxylic acid groups (broad SMARTS) is 1. The Morgan fingerprint density at radius 1 is 1.62 bits per heavy atom. The number of carboxylic acids is 1. The fraction of sp³-hybridized carbons (Fsp3) is 0.200. The number of aryl methyl sites for hydroxylation is 1.